The molecule has 0 unspecified atom stereocenters. The molecule has 0 saturated carbocycles. The Hall–Kier alpha value is -3.41. The van der Waals surface area contributed by atoms with E-state index in [2.05, 4.69) is 4.72 Å². The highest BCUT2D eigenvalue weighted by Crippen LogP contribution is 2.51. The molecule has 0 amide bonds. The Labute approximate surface area is 250 Å². The molecule has 1 N–H and O–H groups in total. The first-order valence-electron chi connectivity index (χ1n) is 13.5. The van der Waals surface area contributed by atoms with Crippen molar-refractivity contribution in [3.05, 3.63) is 94.6 Å². The van der Waals surface area contributed by atoms with Crippen LogP contribution in [0.5, 0.6) is 11.5 Å². The second-order valence-electron chi connectivity index (χ2n) is 9.18. The molecule has 0 bridgehead atoms. The number of carbonyl (C=O) groups is 1. The monoisotopic (exact) mass is 637 g/mol. The van der Waals surface area contributed by atoms with Gasteiger partial charge in [0.15, 0.2) is 17.4 Å². The van der Waals surface area contributed by atoms with Gasteiger partial charge in [0, 0.05) is 12.1 Å². The summed E-state index contributed by atoms with van der Waals surface area (Å²) in [4.78, 5) is 11.7. The van der Waals surface area contributed by atoms with Crippen molar-refractivity contribution in [3.63, 3.8) is 0 Å². The summed E-state index contributed by atoms with van der Waals surface area (Å²) in [6, 6.07) is 13.9. The van der Waals surface area contributed by atoms with Crippen LogP contribution in [0.25, 0.3) is 6.08 Å². The predicted octanol–water partition coefficient (Wildman–Crippen LogP) is 6.97. The summed E-state index contributed by atoms with van der Waals surface area (Å²) in [5, 5.41) is 0. The lowest BCUT2D eigenvalue weighted by molar-refractivity contribution is -0.138. The van der Waals surface area contributed by atoms with Gasteiger partial charge in [0.1, 0.15) is 5.75 Å². The van der Waals surface area contributed by atoms with Crippen LogP contribution >= 0.6 is 7.60 Å². The van der Waals surface area contributed by atoms with Gasteiger partial charge in [0.2, 0.25) is 10.0 Å². The number of hydrogen-bond acceptors (Lipinski definition) is 8. The third-order valence-electron chi connectivity index (χ3n) is 5.87. The molecule has 0 aliphatic carbocycles. The van der Waals surface area contributed by atoms with E-state index in [9.17, 15) is 26.6 Å². The van der Waals surface area contributed by atoms with Crippen molar-refractivity contribution in [1.29, 1.82) is 0 Å². The van der Waals surface area contributed by atoms with E-state index >= 15 is 0 Å². The van der Waals surface area contributed by atoms with E-state index in [4.69, 9.17) is 18.5 Å². The van der Waals surface area contributed by atoms with Crippen LogP contribution in [-0.2, 0) is 45.9 Å². The number of benzene rings is 3. The lowest BCUT2D eigenvalue weighted by Crippen LogP contribution is -2.23. The molecule has 3 aromatic carbocycles. The highest BCUT2D eigenvalue weighted by Gasteiger charge is 2.24. The van der Waals surface area contributed by atoms with E-state index in [1.165, 1.54) is 37.3 Å². The maximum Gasteiger partial charge on any atom is 0.335 e. The van der Waals surface area contributed by atoms with Crippen molar-refractivity contribution in [3.8, 4) is 11.5 Å². The molecule has 0 atom stereocenters. The van der Waals surface area contributed by atoms with Gasteiger partial charge in [-0.05, 0) is 86.9 Å². The third-order valence-corrected chi connectivity index (χ3v) is 9.35. The van der Waals surface area contributed by atoms with E-state index < -0.39 is 41.0 Å². The minimum absolute atomic E-state index is 0.00901. The van der Waals surface area contributed by atoms with Crippen LogP contribution in [0.15, 0.2) is 71.1 Å². The number of ether oxygens (including phenoxy) is 2. The Balaban J connectivity index is 1.64. The second-order valence-corrected chi connectivity index (χ2v) is 13.0. The average molecular weight is 638 g/mol. The molecular weight excluding hydrogens is 603 g/mol. The largest absolute Gasteiger partial charge is 0.463 e. The minimum Gasteiger partial charge on any atom is -0.463 e. The van der Waals surface area contributed by atoms with Gasteiger partial charge in [-0.25, -0.2) is 26.7 Å². The Bertz CT molecular complexity index is 1560. The molecular formula is C30H34F2NO8PS. The molecule has 0 aliphatic rings. The fraction of sp³-hybridized carbons (Fsp3) is 0.300. The molecule has 9 nitrogen and oxygen atoms in total. The van der Waals surface area contributed by atoms with Gasteiger partial charge in [0.05, 0.1) is 30.9 Å². The summed E-state index contributed by atoms with van der Waals surface area (Å²) in [6.07, 6.45) is 1.39. The first-order valence-corrected chi connectivity index (χ1v) is 16.7. The number of sulfonamides is 1. The maximum atomic E-state index is 14.7. The highest BCUT2D eigenvalue weighted by atomic mass is 32.2. The molecule has 0 aromatic heterocycles. The lowest BCUT2D eigenvalue weighted by Gasteiger charge is -2.17. The SMILES string of the molecule is CCOC(=O)C(C)=Cc1cc(F)c(Oc2ccc(S(=O)(=O)NCc3ccc(CP(=O)(OCC)OCC)cc3)cc2)c(F)c1. The van der Waals surface area contributed by atoms with Crippen LogP contribution in [0.1, 0.15) is 44.4 Å². The summed E-state index contributed by atoms with van der Waals surface area (Å²) in [7, 11) is -7.19. The summed E-state index contributed by atoms with van der Waals surface area (Å²) >= 11 is 0. The normalized spacial score (nSPS) is 12.3. The Morgan fingerprint density at radius 2 is 1.44 bits per heavy atom. The average Bonchev–Trinajstić information content (AvgIpc) is 2.95. The van der Waals surface area contributed by atoms with Crippen LogP contribution in [-0.4, -0.2) is 34.2 Å². The van der Waals surface area contributed by atoms with Crippen molar-refractivity contribution in [2.45, 2.75) is 45.3 Å². The van der Waals surface area contributed by atoms with Crippen LogP contribution in [0.2, 0.25) is 0 Å². The van der Waals surface area contributed by atoms with Gasteiger partial charge in [-0.15, -0.1) is 0 Å². The van der Waals surface area contributed by atoms with Crippen molar-refractivity contribution in [1.82, 2.24) is 4.72 Å². The zero-order chi connectivity index (χ0) is 31.6. The summed E-state index contributed by atoms with van der Waals surface area (Å²) < 4.78 is 91.0. The zero-order valence-corrected chi connectivity index (χ0v) is 26.0. The fourth-order valence-electron chi connectivity index (χ4n) is 3.89. The van der Waals surface area contributed by atoms with Gasteiger partial charge in [0.25, 0.3) is 0 Å². The highest BCUT2D eigenvalue weighted by molar-refractivity contribution is 7.89. The fourth-order valence-corrected chi connectivity index (χ4v) is 6.61. The molecule has 43 heavy (non-hydrogen) atoms. The van der Waals surface area contributed by atoms with E-state index in [0.717, 1.165) is 17.7 Å². The van der Waals surface area contributed by atoms with Crippen molar-refractivity contribution >= 4 is 29.7 Å². The Kier molecular flexibility index (Phi) is 12.2. The van der Waals surface area contributed by atoms with E-state index in [1.807, 2.05) is 0 Å². The summed E-state index contributed by atoms with van der Waals surface area (Å²) in [6.45, 7) is 7.24. The molecule has 232 valence electrons. The zero-order valence-electron chi connectivity index (χ0n) is 24.3. The standard InChI is InChI=1S/C30H34F2NO8PS/c1-5-38-30(34)21(4)16-24-17-27(31)29(28(32)18-24)41-25-12-14-26(15-13-25)43(36,37)33-19-22-8-10-23(11-9-22)20-42(35,39-6-2)40-7-3/h8-18,33H,5-7,19-20H2,1-4H3. The Morgan fingerprint density at radius 1 is 0.884 bits per heavy atom. The van der Waals surface area contributed by atoms with Crippen LogP contribution in [0, 0.1) is 11.6 Å². The first-order chi connectivity index (χ1) is 20.4. The molecule has 0 aliphatic heterocycles. The van der Waals surface area contributed by atoms with Gasteiger partial charge < -0.3 is 18.5 Å². The molecule has 0 saturated heterocycles. The minimum atomic E-state index is -3.93. The number of carbonyl (C=O) groups excluding carboxylic acids is 1. The van der Waals surface area contributed by atoms with Gasteiger partial charge >= 0.3 is 13.6 Å². The molecule has 0 heterocycles. The number of halogens is 2. The molecule has 3 aromatic rings. The second kappa shape index (κ2) is 15.4. The maximum absolute atomic E-state index is 14.7. The number of rotatable bonds is 15. The summed E-state index contributed by atoms with van der Waals surface area (Å²) in [5.41, 5.74) is 1.66. The molecule has 13 heteroatoms. The van der Waals surface area contributed by atoms with Gasteiger partial charge in [-0.1, -0.05) is 24.3 Å². The van der Waals surface area contributed by atoms with E-state index in [1.54, 1.807) is 45.0 Å². The number of nitrogens with one attached hydrogen (secondary N) is 1. The molecule has 0 radical (unpaired) electrons. The number of esters is 1. The van der Waals surface area contributed by atoms with E-state index in [0.29, 0.717) is 5.56 Å². The van der Waals surface area contributed by atoms with Gasteiger partial charge in [-0.3, -0.25) is 4.57 Å². The smallest absolute Gasteiger partial charge is 0.335 e. The van der Waals surface area contributed by atoms with Crippen molar-refractivity contribution in [2.24, 2.45) is 0 Å². The first kappa shape index (κ1) is 34.1. The number of hydrogen-bond donors (Lipinski definition) is 1. The lowest BCUT2D eigenvalue weighted by atomic mass is 10.1. The summed E-state index contributed by atoms with van der Waals surface area (Å²) in [5.74, 6) is -3.29. The Morgan fingerprint density at radius 3 is 1.98 bits per heavy atom. The topological polar surface area (TPSA) is 117 Å². The molecule has 0 fully saturated rings. The van der Waals surface area contributed by atoms with Crippen LogP contribution in [0.3, 0.4) is 0 Å². The quantitative estimate of drug-likeness (QED) is 0.108. The van der Waals surface area contributed by atoms with Gasteiger partial charge in [-0.2, -0.15) is 0 Å². The molecule has 0 spiro atoms. The van der Waals surface area contributed by atoms with E-state index in [-0.39, 0.29) is 54.3 Å². The van der Waals surface area contributed by atoms with Crippen LogP contribution in [0.4, 0.5) is 8.78 Å². The van der Waals surface area contributed by atoms with Crippen molar-refractivity contribution < 1.29 is 45.1 Å². The third kappa shape index (κ3) is 9.80. The predicted molar refractivity (Wildman–Crippen MR) is 158 cm³/mol. The van der Waals surface area contributed by atoms with Crippen LogP contribution < -0.4 is 9.46 Å². The molecule has 3 rings (SSSR count). The van der Waals surface area contributed by atoms with Crippen molar-refractivity contribution in [2.75, 3.05) is 19.8 Å².